The van der Waals surface area contributed by atoms with E-state index in [9.17, 15) is 4.79 Å². The van der Waals surface area contributed by atoms with Gasteiger partial charge in [0, 0.05) is 42.9 Å². The molecule has 0 bridgehead atoms. The molecule has 1 aliphatic rings. The molecule has 2 aromatic rings. The summed E-state index contributed by atoms with van der Waals surface area (Å²) < 4.78 is 0.998. The molecule has 0 atom stereocenters. The van der Waals surface area contributed by atoms with Gasteiger partial charge in [-0.1, -0.05) is 15.9 Å². The molecule has 23 heavy (non-hydrogen) atoms. The summed E-state index contributed by atoms with van der Waals surface area (Å²) in [5, 5.41) is 10.0. The number of hydrogen-bond acceptors (Lipinski definition) is 3. The van der Waals surface area contributed by atoms with E-state index < -0.39 is 0 Å². The van der Waals surface area contributed by atoms with Gasteiger partial charge >= 0.3 is 6.03 Å². The maximum atomic E-state index is 12.3. The number of benzene rings is 1. The maximum Gasteiger partial charge on any atom is 0.321 e. The molecule has 6 nitrogen and oxygen atoms in total. The Morgan fingerprint density at radius 1 is 1.26 bits per heavy atom. The average Bonchev–Trinajstić information content (AvgIpc) is 2.95. The summed E-state index contributed by atoms with van der Waals surface area (Å²) in [6, 6.07) is 7.57. The van der Waals surface area contributed by atoms with Crippen LogP contribution in [-0.4, -0.2) is 52.2 Å². The van der Waals surface area contributed by atoms with Gasteiger partial charge in [0.25, 0.3) is 0 Å². The van der Waals surface area contributed by atoms with Crippen LogP contribution in [0.3, 0.4) is 0 Å². The minimum atomic E-state index is -0.0373. The number of piperazine rings is 1. The molecule has 7 heteroatoms. The van der Waals surface area contributed by atoms with Gasteiger partial charge in [-0.15, -0.1) is 0 Å². The summed E-state index contributed by atoms with van der Waals surface area (Å²) >= 11 is 3.39. The Kier molecular flexibility index (Phi) is 4.97. The third-order valence-corrected chi connectivity index (χ3v) is 4.60. The highest BCUT2D eigenvalue weighted by Gasteiger charge is 2.21. The Balaban J connectivity index is 1.49. The zero-order valence-corrected chi connectivity index (χ0v) is 14.6. The van der Waals surface area contributed by atoms with Gasteiger partial charge < -0.3 is 10.2 Å². The standard InChI is InChI=1S/C16H20BrN5O/c1-12-10-18-20-15(12)11-21-6-8-22(9-7-21)16(23)19-14-4-2-13(17)3-5-14/h2-5,10H,6-9,11H2,1H3,(H,18,20)(H,19,23). The number of urea groups is 1. The largest absolute Gasteiger partial charge is 0.322 e. The van der Waals surface area contributed by atoms with E-state index in [0.29, 0.717) is 0 Å². The van der Waals surface area contributed by atoms with Crippen molar-refractivity contribution in [2.45, 2.75) is 13.5 Å². The van der Waals surface area contributed by atoms with Crippen LogP contribution in [0, 0.1) is 6.92 Å². The second-order valence-corrected chi connectivity index (χ2v) is 6.65. The van der Waals surface area contributed by atoms with Crippen molar-refractivity contribution in [2.75, 3.05) is 31.5 Å². The van der Waals surface area contributed by atoms with Crippen LogP contribution in [0.25, 0.3) is 0 Å². The minimum Gasteiger partial charge on any atom is -0.322 e. The lowest BCUT2D eigenvalue weighted by molar-refractivity contribution is 0.142. The first kappa shape index (κ1) is 16.0. The molecule has 1 saturated heterocycles. The van der Waals surface area contributed by atoms with Crippen molar-refractivity contribution >= 4 is 27.6 Å². The molecule has 122 valence electrons. The molecule has 1 aliphatic heterocycles. The molecule has 0 aliphatic carbocycles. The van der Waals surface area contributed by atoms with E-state index in [-0.39, 0.29) is 6.03 Å². The number of rotatable bonds is 3. The van der Waals surface area contributed by atoms with Gasteiger partial charge in [0.2, 0.25) is 0 Å². The lowest BCUT2D eigenvalue weighted by Crippen LogP contribution is -2.49. The average molecular weight is 378 g/mol. The Labute approximate surface area is 144 Å². The quantitative estimate of drug-likeness (QED) is 0.864. The summed E-state index contributed by atoms with van der Waals surface area (Å²) in [5.41, 5.74) is 3.15. The predicted octanol–water partition coefficient (Wildman–Crippen LogP) is 2.83. The number of aromatic amines is 1. The SMILES string of the molecule is Cc1cn[nH]c1CN1CCN(C(=O)Nc2ccc(Br)cc2)CC1. The molecule has 2 amide bonds. The van der Waals surface area contributed by atoms with Crippen molar-refractivity contribution < 1.29 is 4.79 Å². The number of H-pyrrole nitrogens is 1. The maximum absolute atomic E-state index is 12.3. The highest BCUT2D eigenvalue weighted by molar-refractivity contribution is 9.10. The van der Waals surface area contributed by atoms with Gasteiger partial charge in [-0.25, -0.2) is 4.79 Å². The first-order valence-corrected chi connectivity index (χ1v) is 8.44. The zero-order valence-electron chi connectivity index (χ0n) is 13.1. The molecule has 1 aromatic carbocycles. The van der Waals surface area contributed by atoms with Crippen LogP contribution in [0.1, 0.15) is 11.3 Å². The summed E-state index contributed by atoms with van der Waals surface area (Å²) in [6.07, 6.45) is 1.84. The van der Waals surface area contributed by atoms with Crippen molar-refractivity contribution in [3.63, 3.8) is 0 Å². The van der Waals surface area contributed by atoms with Gasteiger partial charge in [-0.3, -0.25) is 10.00 Å². The van der Waals surface area contributed by atoms with Crippen LogP contribution in [0.4, 0.5) is 10.5 Å². The van der Waals surface area contributed by atoms with E-state index in [0.717, 1.165) is 48.6 Å². The first-order chi connectivity index (χ1) is 11.1. The van der Waals surface area contributed by atoms with Crippen LogP contribution in [0.5, 0.6) is 0 Å². The van der Waals surface area contributed by atoms with E-state index in [4.69, 9.17) is 0 Å². The molecule has 2 N–H and O–H groups in total. The molecule has 2 heterocycles. The second kappa shape index (κ2) is 7.14. The summed E-state index contributed by atoms with van der Waals surface area (Å²) in [6.45, 7) is 6.11. The van der Waals surface area contributed by atoms with Crippen LogP contribution in [0.15, 0.2) is 34.9 Å². The third-order valence-electron chi connectivity index (χ3n) is 4.07. The normalized spacial score (nSPS) is 15.7. The molecule has 0 radical (unpaired) electrons. The Morgan fingerprint density at radius 2 is 1.96 bits per heavy atom. The number of halogens is 1. The number of nitrogens with zero attached hydrogens (tertiary/aromatic N) is 3. The second-order valence-electron chi connectivity index (χ2n) is 5.73. The van der Waals surface area contributed by atoms with E-state index in [1.807, 2.05) is 35.4 Å². The number of hydrogen-bond donors (Lipinski definition) is 2. The van der Waals surface area contributed by atoms with Gasteiger partial charge in [0.1, 0.15) is 0 Å². The van der Waals surface area contributed by atoms with E-state index >= 15 is 0 Å². The van der Waals surface area contributed by atoms with Crippen LogP contribution >= 0.6 is 15.9 Å². The minimum absolute atomic E-state index is 0.0373. The van der Waals surface area contributed by atoms with E-state index in [1.165, 1.54) is 5.56 Å². The Bertz CT molecular complexity index is 661. The molecule has 3 rings (SSSR count). The van der Waals surface area contributed by atoms with Crippen molar-refractivity contribution in [1.82, 2.24) is 20.0 Å². The molecule has 0 spiro atoms. The number of amides is 2. The van der Waals surface area contributed by atoms with Gasteiger partial charge in [-0.2, -0.15) is 5.10 Å². The monoisotopic (exact) mass is 377 g/mol. The third kappa shape index (κ3) is 4.11. The van der Waals surface area contributed by atoms with E-state index in [1.54, 1.807) is 0 Å². The molecule has 0 saturated carbocycles. The number of carbonyl (C=O) groups is 1. The van der Waals surface area contributed by atoms with Crippen molar-refractivity contribution in [3.05, 3.63) is 46.2 Å². The van der Waals surface area contributed by atoms with Gasteiger partial charge in [0.05, 0.1) is 11.9 Å². The Morgan fingerprint density at radius 3 is 2.57 bits per heavy atom. The fraction of sp³-hybridized carbons (Fsp3) is 0.375. The first-order valence-electron chi connectivity index (χ1n) is 7.64. The van der Waals surface area contributed by atoms with Crippen LogP contribution in [-0.2, 0) is 6.54 Å². The number of nitrogens with one attached hydrogen (secondary N) is 2. The van der Waals surface area contributed by atoms with E-state index in [2.05, 4.69) is 43.3 Å². The fourth-order valence-corrected chi connectivity index (χ4v) is 2.87. The number of anilines is 1. The summed E-state index contributed by atoms with van der Waals surface area (Å²) in [7, 11) is 0. The Hall–Kier alpha value is -1.86. The van der Waals surface area contributed by atoms with Gasteiger partial charge in [0.15, 0.2) is 0 Å². The zero-order chi connectivity index (χ0) is 16.2. The molecular weight excluding hydrogens is 358 g/mol. The number of carbonyl (C=O) groups excluding carboxylic acids is 1. The molecule has 0 unspecified atom stereocenters. The lowest BCUT2D eigenvalue weighted by Gasteiger charge is -2.34. The topological polar surface area (TPSA) is 64.3 Å². The van der Waals surface area contributed by atoms with Crippen LogP contribution in [0.2, 0.25) is 0 Å². The van der Waals surface area contributed by atoms with Gasteiger partial charge in [-0.05, 0) is 36.8 Å². The summed E-state index contributed by atoms with van der Waals surface area (Å²) in [5.74, 6) is 0. The molecule has 1 fully saturated rings. The molecular formula is C16H20BrN5O. The van der Waals surface area contributed by atoms with Crippen molar-refractivity contribution in [1.29, 1.82) is 0 Å². The molecule has 1 aromatic heterocycles. The highest BCUT2D eigenvalue weighted by atomic mass is 79.9. The number of aromatic nitrogens is 2. The fourth-order valence-electron chi connectivity index (χ4n) is 2.60. The van der Waals surface area contributed by atoms with Crippen molar-refractivity contribution in [2.24, 2.45) is 0 Å². The smallest absolute Gasteiger partial charge is 0.321 e. The van der Waals surface area contributed by atoms with Crippen molar-refractivity contribution in [3.8, 4) is 0 Å². The van der Waals surface area contributed by atoms with Crippen LogP contribution < -0.4 is 5.32 Å². The predicted molar refractivity (Wildman–Crippen MR) is 93.3 cm³/mol. The number of aryl methyl sites for hydroxylation is 1. The highest BCUT2D eigenvalue weighted by Crippen LogP contribution is 2.15. The summed E-state index contributed by atoms with van der Waals surface area (Å²) in [4.78, 5) is 16.5. The lowest BCUT2D eigenvalue weighted by atomic mass is 10.2.